The Bertz CT molecular complexity index is 917. The minimum Gasteiger partial charge on any atom is -0.470 e. The highest BCUT2D eigenvalue weighted by Gasteiger charge is 2.54. The van der Waals surface area contributed by atoms with Crippen molar-refractivity contribution in [2.24, 2.45) is 0 Å². The van der Waals surface area contributed by atoms with Gasteiger partial charge in [0.2, 0.25) is 4.93 Å². The molecular formula is C17H20N4O5S. The number of sulfone groups is 1. The first-order chi connectivity index (χ1) is 12.7. The largest absolute Gasteiger partial charge is 0.470 e. The number of hydrogen-bond donors (Lipinski definition) is 3. The van der Waals surface area contributed by atoms with Gasteiger partial charge < -0.3 is 15.4 Å². The number of nitrogens with zero attached hydrogens (tertiary/aromatic N) is 1. The molecule has 2 heterocycles. The number of carbonyl (C=O) groups is 2. The molecule has 2 fully saturated rings. The third kappa shape index (κ3) is 3.48. The Morgan fingerprint density at radius 2 is 1.89 bits per heavy atom. The summed E-state index contributed by atoms with van der Waals surface area (Å²) < 4.78 is 32.7. The second-order valence-electron chi connectivity index (χ2n) is 6.87. The maximum atomic E-state index is 13.4. The van der Waals surface area contributed by atoms with E-state index in [9.17, 15) is 23.3 Å². The standard InChI is InChI=1S/C17H20N4O5S/c1-16(14(22)20-15(23)21-16)11-27(24,25)17(6-8-19-9-7-17)26-13-5-3-2-4-12(13)10-18/h2-5,19H,6-9,11H2,1H3,(H2,20,21,22,23)/t16-/m1/s1. The lowest BCUT2D eigenvalue weighted by Crippen LogP contribution is -2.58. The monoisotopic (exact) mass is 392 g/mol. The van der Waals surface area contributed by atoms with Crippen LogP contribution in [0.1, 0.15) is 25.3 Å². The van der Waals surface area contributed by atoms with Gasteiger partial charge in [-0.2, -0.15) is 5.26 Å². The molecule has 10 heteroatoms. The minimum absolute atomic E-state index is 0.154. The van der Waals surface area contributed by atoms with Crippen molar-refractivity contribution < 1.29 is 22.7 Å². The van der Waals surface area contributed by atoms with Crippen LogP contribution in [0.25, 0.3) is 0 Å². The highest BCUT2D eigenvalue weighted by Crippen LogP contribution is 2.35. The Balaban J connectivity index is 1.97. The third-order valence-corrected chi connectivity index (χ3v) is 7.41. The molecule has 2 aliphatic heterocycles. The molecule has 0 aliphatic carbocycles. The molecule has 0 radical (unpaired) electrons. The summed E-state index contributed by atoms with van der Waals surface area (Å²) in [5.41, 5.74) is -1.35. The van der Waals surface area contributed by atoms with Gasteiger partial charge in [-0.1, -0.05) is 12.1 Å². The molecule has 3 amide bonds. The summed E-state index contributed by atoms with van der Waals surface area (Å²) in [4.78, 5) is 21.9. The molecule has 1 atom stereocenters. The average molecular weight is 392 g/mol. The van der Waals surface area contributed by atoms with Crippen molar-refractivity contribution in [1.82, 2.24) is 16.0 Å². The van der Waals surface area contributed by atoms with E-state index in [4.69, 9.17) is 4.74 Å². The molecule has 0 bridgehead atoms. The van der Waals surface area contributed by atoms with Crippen molar-refractivity contribution in [2.45, 2.75) is 30.2 Å². The summed E-state index contributed by atoms with van der Waals surface area (Å²) in [7, 11) is -4.01. The number of carbonyl (C=O) groups excluding carboxylic acids is 2. The number of urea groups is 1. The number of nitrogens with one attached hydrogen (secondary N) is 3. The van der Waals surface area contributed by atoms with Crippen LogP contribution in [0.3, 0.4) is 0 Å². The predicted molar refractivity (Wildman–Crippen MR) is 95.5 cm³/mol. The Kier molecular flexibility index (Phi) is 4.84. The van der Waals surface area contributed by atoms with E-state index in [1.54, 1.807) is 24.3 Å². The van der Waals surface area contributed by atoms with Crippen molar-refractivity contribution in [2.75, 3.05) is 18.8 Å². The number of hydrogen-bond acceptors (Lipinski definition) is 7. The highest BCUT2D eigenvalue weighted by atomic mass is 32.2. The number of piperidine rings is 1. The van der Waals surface area contributed by atoms with Crippen LogP contribution in [0, 0.1) is 11.3 Å². The van der Waals surface area contributed by atoms with Crippen LogP contribution >= 0.6 is 0 Å². The van der Waals surface area contributed by atoms with Crippen molar-refractivity contribution >= 4 is 21.8 Å². The smallest absolute Gasteiger partial charge is 0.322 e. The zero-order valence-corrected chi connectivity index (χ0v) is 15.6. The van der Waals surface area contributed by atoms with E-state index < -0.39 is 38.0 Å². The predicted octanol–water partition coefficient (Wildman–Crippen LogP) is 0.0297. The van der Waals surface area contributed by atoms with Crippen LogP contribution in [0.5, 0.6) is 5.75 Å². The molecule has 0 saturated carbocycles. The summed E-state index contributed by atoms with van der Waals surface area (Å²) in [6.07, 6.45) is 0.307. The number of amides is 3. The quantitative estimate of drug-likeness (QED) is 0.601. The van der Waals surface area contributed by atoms with Crippen LogP contribution in [0.15, 0.2) is 24.3 Å². The summed E-state index contributed by atoms with van der Waals surface area (Å²) in [5, 5.41) is 16.8. The SMILES string of the molecule is C[C@]1(CS(=O)(=O)C2(Oc3ccccc3C#N)CCNCC2)NC(=O)NC1=O. The normalized spacial score (nSPS) is 24.6. The maximum Gasteiger partial charge on any atom is 0.322 e. The fourth-order valence-electron chi connectivity index (χ4n) is 3.33. The fraction of sp³-hybridized carbons (Fsp3) is 0.471. The van der Waals surface area contributed by atoms with Crippen molar-refractivity contribution in [3.8, 4) is 11.8 Å². The van der Waals surface area contributed by atoms with Gasteiger partial charge in [0.1, 0.15) is 17.4 Å². The van der Waals surface area contributed by atoms with Crippen molar-refractivity contribution in [3.05, 3.63) is 29.8 Å². The first kappa shape index (κ1) is 19.1. The molecule has 27 heavy (non-hydrogen) atoms. The van der Waals surface area contributed by atoms with E-state index in [1.807, 2.05) is 6.07 Å². The van der Waals surface area contributed by atoms with Gasteiger partial charge in [-0.3, -0.25) is 10.1 Å². The first-order valence-electron chi connectivity index (χ1n) is 8.46. The lowest BCUT2D eigenvalue weighted by atomic mass is 10.1. The van der Waals surface area contributed by atoms with Gasteiger partial charge in [-0.25, -0.2) is 13.2 Å². The second kappa shape index (κ2) is 6.83. The molecule has 2 aliphatic rings. The lowest BCUT2D eigenvalue weighted by molar-refractivity contribution is -0.122. The van der Waals surface area contributed by atoms with Gasteiger partial charge in [-0.05, 0) is 32.1 Å². The molecule has 0 aromatic heterocycles. The topological polar surface area (TPSA) is 137 Å². The van der Waals surface area contributed by atoms with Crippen LogP contribution in [0.2, 0.25) is 0 Å². The molecule has 9 nitrogen and oxygen atoms in total. The van der Waals surface area contributed by atoms with E-state index in [2.05, 4.69) is 16.0 Å². The van der Waals surface area contributed by atoms with Gasteiger partial charge in [0, 0.05) is 12.8 Å². The summed E-state index contributed by atoms with van der Waals surface area (Å²) in [6.45, 7) is 2.18. The van der Waals surface area contributed by atoms with Crippen LogP contribution in [-0.4, -0.2) is 49.7 Å². The van der Waals surface area contributed by atoms with E-state index in [0.29, 0.717) is 13.1 Å². The van der Waals surface area contributed by atoms with Gasteiger partial charge in [-0.15, -0.1) is 0 Å². The first-order valence-corrected chi connectivity index (χ1v) is 10.1. The van der Waals surface area contributed by atoms with Crippen molar-refractivity contribution in [1.29, 1.82) is 5.26 Å². The summed E-state index contributed by atoms with van der Waals surface area (Å²) in [5.74, 6) is -1.13. The Morgan fingerprint density at radius 3 is 2.48 bits per heavy atom. The second-order valence-corrected chi connectivity index (χ2v) is 9.13. The fourth-order valence-corrected chi connectivity index (χ4v) is 5.59. The molecule has 0 spiro atoms. The van der Waals surface area contributed by atoms with Crippen LogP contribution in [0.4, 0.5) is 4.79 Å². The Morgan fingerprint density at radius 1 is 1.22 bits per heavy atom. The number of ether oxygens (including phenoxy) is 1. The molecule has 144 valence electrons. The molecule has 3 N–H and O–H groups in total. The Labute approximate surface area is 157 Å². The minimum atomic E-state index is -4.01. The lowest BCUT2D eigenvalue weighted by Gasteiger charge is -2.39. The van der Waals surface area contributed by atoms with Crippen LogP contribution in [-0.2, 0) is 14.6 Å². The van der Waals surface area contributed by atoms with Gasteiger partial charge in [0.25, 0.3) is 5.91 Å². The molecule has 0 unspecified atom stereocenters. The summed E-state index contributed by atoms with van der Waals surface area (Å²) in [6, 6.07) is 7.67. The third-order valence-electron chi connectivity index (χ3n) is 4.83. The van der Waals surface area contributed by atoms with E-state index >= 15 is 0 Å². The molecule has 1 aromatic carbocycles. The average Bonchev–Trinajstić information content (AvgIpc) is 2.87. The van der Waals surface area contributed by atoms with E-state index in [-0.39, 0.29) is 24.2 Å². The number of nitriles is 1. The zero-order chi connectivity index (χ0) is 19.7. The Hall–Kier alpha value is -2.64. The molecule has 1 aromatic rings. The maximum absolute atomic E-state index is 13.4. The number of benzene rings is 1. The summed E-state index contributed by atoms with van der Waals surface area (Å²) >= 11 is 0. The van der Waals surface area contributed by atoms with Gasteiger partial charge in [0.05, 0.1) is 11.3 Å². The van der Waals surface area contributed by atoms with E-state index in [0.717, 1.165) is 0 Å². The number of para-hydroxylation sites is 1. The van der Waals surface area contributed by atoms with Crippen LogP contribution < -0.4 is 20.7 Å². The van der Waals surface area contributed by atoms with Gasteiger partial charge >= 0.3 is 6.03 Å². The number of imide groups is 1. The number of rotatable bonds is 5. The van der Waals surface area contributed by atoms with E-state index in [1.165, 1.54) is 6.92 Å². The zero-order valence-electron chi connectivity index (χ0n) is 14.7. The molecule has 3 rings (SSSR count). The van der Waals surface area contributed by atoms with Crippen molar-refractivity contribution in [3.63, 3.8) is 0 Å². The highest BCUT2D eigenvalue weighted by molar-refractivity contribution is 7.92. The molecule has 2 saturated heterocycles. The molecular weight excluding hydrogens is 372 g/mol. The van der Waals surface area contributed by atoms with Gasteiger partial charge in [0.15, 0.2) is 9.84 Å².